The van der Waals surface area contributed by atoms with Gasteiger partial charge in [-0.15, -0.1) is 11.3 Å². The number of anilines is 1. The van der Waals surface area contributed by atoms with Crippen LogP contribution >= 0.6 is 11.3 Å². The van der Waals surface area contributed by atoms with Gasteiger partial charge in [0.15, 0.2) is 0 Å². The topological polar surface area (TPSA) is 55.3 Å². The van der Waals surface area contributed by atoms with Crippen molar-refractivity contribution in [2.75, 3.05) is 24.6 Å². The minimum Gasteiger partial charge on any atom is -0.466 e. The molecule has 6 heteroatoms. The normalized spacial score (nSPS) is 22.7. The van der Waals surface area contributed by atoms with Crippen molar-refractivity contribution < 1.29 is 9.53 Å². The van der Waals surface area contributed by atoms with Gasteiger partial charge in [0.2, 0.25) is 0 Å². The largest absolute Gasteiger partial charge is 0.466 e. The number of aromatic nitrogens is 2. The molecule has 5 nitrogen and oxygen atoms in total. The first-order valence-corrected chi connectivity index (χ1v) is 11.3. The monoisotopic (exact) mass is 385 g/mol. The second-order valence-electron chi connectivity index (χ2n) is 8.11. The number of thiophene rings is 1. The Balaban J connectivity index is 1.56. The summed E-state index contributed by atoms with van der Waals surface area (Å²) in [6.45, 7) is 4.03. The minimum absolute atomic E-state index is 0.0393. The molecule has 0 spiro atoms. The summed E-state index contributed by atoms with van der Waals surface area (Å²) in [6, 6.07) is 0. The van der Waals surface area contributed by atoms with E-state index in [1.807, 2.05) is 18.3 Å². The first kappa shape index (κ1) is 17.4. The van der Waals surface area contributed by atoms with Gasteiger partial charge in [0.25, 0.3) is 0 Å². The van der Waals surface area contributed by atoms with Crippen molar-refractivity contribution in [3.05, 3.63) is 16.3 Å². The summed E-state index contributed by atoms with van der Waals surface area (Å²) >= 11 is 1.88. The van der Waals surface area contributed by atoms with Crippen LogP contribution in [0.2, 0.25) is 0 Å². The third kappa shape index (κ3) is 3.22. The molecule has 1 saturated carbocycles. The Labute approximate surface area is 164 Å². The van der Waals surface area contributed by atoms with Crippen molar-refractivity contribution in [3.8, 4) is 0 Å². The van der Waals surface area contributed by atoms with E-state index >= 15 is 0 Å². The molecule has 1 unspecified atom stereocenters. The zero-order valence-electron chi connectivity index (χ0n) is 16.0. The van der Waals surface area contributed by atoms with E-state index in [2.05, 4.69) is 4.90 Å². The van der Waals surface area contributed by atoms with Gasteiger partial charge < -0.3 is 9.64 Å². The van der Waals surface area contributed by atoms with E-state index in [0.717, 1.165) is 44.0 Å². The molecule has 2 aromatic rings. The van der Waals surface area contributed by atoms with Gasteiger partial charge in [-0.2, -0.15) is 0 Å². The summed E-state index contributed by atoms with van der Waals surface area (Å²) in [5.41, 5.74) is 1.48. The Morgan fingerprint density at radius 3 is 2.85 bits per heavy atom. The van der Waals surface area contributed by atoms with Crippen molar-refractivity contribution in [2.24, 2.45) is 5.92 Å². The molecule has 1 atom stereocenters. The third-order valence-corrected chi connectivity index (χ3v) is 7.28. The van der Waals surface area contributed by atoms with E-state index in [1.54, 1.807) is 0 Å². The number of nitrogens with zero attached hydrogens (tertiary/aromatic N) is 3. The van der Waals surface area contributed by atoms with E-state index in [0.29, 0.717) is 12.5 Å². The minimum atomic E-state index is -0.0535. The molecular weight excluding hydrogens is 358 g/mol. The van der Waals surface area contributed by atoms with Crippen LogP contribution < -0.4 is 4.90 Å². The number of fused-ring (bicyclic) bond motifs is 3. The van der Waals surface area contributed by atoms with Gasteiger partial charge in [-0.3, -0.25) is 4.79 Å². The highest BCUT2D eigenvalue weighted by Gasteiger charge is 2.33. The summed E-state index contributed by atoms with van der Waals surface area (Å²) in [5.74, 6) is 2.56. The van der Waals surface area contributed by atoms with Gasteiger partial charge in [0.1, 0.15) is 16.5 Å². The van der Waals surface area contributed by atoms with Crippen LogP contribution in [0.1, 0.15) is 67.6 Å². The van der Waals surface area contributed by atoms with Crippen LogP contribution in [0.5, 0.6) is 0 Å². The lowest BCUT2D eigenvalue weighted by Crippen LogP contribution is -2.40. The molecule has 3 heterocycles. The second kappa shape index (κ2) is 7.04. The van der Waals surface area contributed by atoms with Crippen LogP contribution in [0.4, 0.5) is 5.82 Å². The predicted octanol–water partition coefficient (Wildman–Crippen LogP) is 4.23. The van der Waals surface area contributed by atoms with Gasteiger partial charge in [0, 0.05) is 23.9 Å². The van der Waals surface area contributed by atoms with Gasteiger partial charge in [0.05, 0.1) is 17.9 Å². The fraction of sp³-hybridized carbons (Fsp3) is 0.667. The molecule has 5 rings (SSSR count). The number of aryl methyl sites for hydroxylation is 2. The van der Waals surface area contributed by atoms with Crippen LogP contribution in [-0.2, 0) is 22.4 Å². The first-order valence-electron chi connectivity index (χ1n) is 10.5. The molecular formula is C21H27N3O2S. The Morgan fingerprint density at radius 2 is 2.04 bits per heavy atom. The summed E-state index contributed by atoms with van der Waals surface area (Å²) in [5, 5.41) is 1.28. The van der Waals surface area contributed by atoms with Crippen LogP contribution in [0.25, 0.3) is 10.2 Å². The average molecular weight is 386 g/mol. The number of carbonyl (C=O) groups is 1. The highest BCUT2D eigenvalue weighted by atomic mass is 32.1. The number of hydrogen-bond donors (Lipinski definition) is 0. The quantitative estimate of drug-likeness (QED) is 0.737. The van der Waals surface area contributed by atoms with Crippen molar-refractivity contribution in [1.29, 1.82) is 0 Å². The smallest absolute Gasteiger partial charge is 0.310 e. The molecule has 1 saturated heterocycles. The molecule has 0 amide bonds. The average Bonchev–Trinajstić information content (AvgIpc) is 3.48. The number of hydrogen-bond acceptors (Lipinski definition) is 6. The lowest BCUT2D eigenvalue weighted by Gasteiger charge is -2.33. The van der Waals surface area contributed by atoms with Crippen LogP contribution in [0.3, 0.4) is 0 Å². The van der Waals surface area contributed by atoms with E-state index in [9.17, 15) is 4.79 Å². The van der Waals surface area contributed by atoms with E-state index in [-0.39, 0.29) is 11.9 Å². The molecule has 2 aliphatic carbocycles. The standard InChI is InChI=1S/C21H27N3O2S/c1-2-26-21(25)14-6-5-11-24(12-14)19-17-15-7-3-4-8-16(15)27-20(17)23-18(22-19)13-9-10-13/h13-14H,2-12H2,1H3. The molecule has 27 heavy (non-hydrogen) atoms. The maximum Gasteiger partial charge on any atom is 0.310 e. The first-order chi connectivity index (χ1) is 13.2. The van der Waals surface area contributed by atoms with Crippen molar-refractivity contribution in [2.45, 2.75) is 64.2 Å². The number of esters is 1. The molecule has 0 aromatic carbocycles. The molecule has 2 aromatic heterocycles. The van der Waals surface area contributed by atoms with Crippen LogP contribution in [-0.4, -0.2) is 35.6 Å². The van der Waals surface area contributed by atoms with E-state index in [1.165, 1.54) is 52.8 Å². The summed E-state index contributed by atoms with van der Waals surface area (Å²) in [7, 11) is 0. The summed E-state index contributed by atoms with van der Waals surface area (Å²) in [6.07, 6.45) is 9.22. The molecule has 0 N–H and O–H groups in total. The Kier molecular flexibility index (Phi) is 4.54. The van der Waals surface area contributed by atoms with Crippen LogP contribution in [0, 0.1) is 5.92 Å². The highest BCUT2D eigenvalue weighted by Crippen LogP contribution is 2.44. The van der Waals surface area contributed by atoms with Gasteiger partial charge >= 0.3 is 5.97 Å². The maximum atomic E-state index is 12.3. The van der Waals surface area contributed by atoms with Gasteiger partial charge in [-0.25, -0.2) is 9.97 Å². The zero-order chi connectivity index (χ0) is 18.4. The number of carbonyl (C=O) groups excluding carboxylic acids is 1. The SMILES string of the molecule is CCOC(=O)C1CCCN(c2nc(C3CC3)nc3sc4c(c23)CCCC4)C1. The van der Waals surface area contributed by atoms with Crippen molar-refractivity contribution >= 4 is 33.3 Å². The molecule has 144 valence electrons. The Bertz CT molecular complexity index is 874. The zero-order valence-corrected chi connectivity index (χ0v) is 16.8. The van der Waals surface area contributed by atoms with Crippen LogP contribution in [0.15, 0.2) is 0 Å². The lowest BCUT2D eigenvalue weighted by atomic mass is 9.95. The highest BCUT2D eigenvalue weighted by molar-refractivity contribution is 7.19. The molecule has 0 bridgehead atoms. The molecule has 0 radical (unpaired) electrons. The van der Waals surface area contributed by atoms with Gasteiger partial charge in [-0.05, 0) is 63.9 Å². The number of rotatable bonds is 4. The van der Waals surface area contributed by atoms with E-state index < -0.39 is 0 Å². The fourth-order valence-corrected chi connectivity index (χ4v) is 5.79. The lowest BCUT2D eigenvalue weighted by molar-refractivity contribution is -0.148. The number of piperidine rings is 1. The summed E-state index contributed by atoms with van der Waals surface area (Å²) in [4.78, 5) is 27.4. The fourth-order valence-electron chi connectivity index (χ4n) is 4.53. The third-order valence-electron chi connectivity index (χ3n) is 6.10. The second-order valence-corrected chi connectivity index (χ2v) is 9.19. The Hall–Kier alpha value is -1.69. The predicted molar refractivity (Wildman–Crippen MR) is 108 cm³/mol. The van der Waals surface area contributed by atoms with E-state index in [4.69, 9.17) is 14.7 Å². The molecule has 1 aliphatic heterocycles. The number of ether oxygens (including phenoxy) is 1. The van der Waals surface area contributed by atoms with Crippen molar-refractivity contribution in [1.82, 2.24) is 9.97 Å². The van der Waals surface area contributed by atoms with Gasteiger partial charge in [-0.1, -0.05) is 0 Å². The Morgan fingerprint density at radius 1 is 1.19 bits per heavy atom. The molecule has 3 aliphatic rings. The molecule has 2 fully saturated rings. The summed E-state index contributed by atoms with van der Waals surface area (Å²) < 4.78 is 5.30. The van der Waals surface area contributed by atoms with Crippen molar-refractivity contribution in [3.63, 3.8) is 0 Å². The maximum absolute atomic E-state index is 12.3.